The average molecular weight is 444 g/mol. The van der Waals surface area contributed by atoms with Gasteiger partial charge in [0.25, 0.3) is 5.91 Å². The number of nitrogens with one attached hydrogen (secondary N) is 2. The van der Waals surface area contributed by atoms with Gasteiger partial charge in [0.1, 0.15) is 23.1 Å². The predicted molar refractivity (Wildman–Crippen MR) is 126 cm³/mol. The fourth-order valence-electron chi connectivity index (χ4n) is 3.37. The number of aromatic amines is 1. The Morgan fingerprint density at radius 2 is 1.73 bits per heavy atom. The molecule has 0 spiro atoms. The summed E-state index contributed by atoms with van der Waals surface area (Å²) in [5, 5.41) is 4.06. The number of rotatable bonds is 8. The first kappa shape index (κ1) is 21.9. The van der Waals surface area contributed by atoms with Gasteiger partial charge in [-0.15, -0.1) is 0 Å². The number of nitrogens with zero attached hydrogens (tertiary/aromatic N) is 2. The first-order valence-electron chi connectivity index (χ1n) is 10.3. The number of imidazole rings is 1. The summed E-state index contributed by atoms with van der Waals surface area (Å²) in [4.78, 5) is 20.5. The van der Waals surface area contributed by atoms with Gasteiger partial charge in [-0.1, -0.05) is 12.1 Å². The molecule has 1 amide bonds. The second-order valence-electron chi connectivity index (χ2n) is 7.25. The Kier molecular flexibility index (Phi) is 6.54. The number of hydrogen-bond acceptors (Lipinski definition) is 6. The minimum atomic E-state index is -0.327. The van der Waals surface area contributed by atoms with Gasteiger partial charge >= 0.3 is 0 Å². The van der Waals surface area contributed by atoms with Crippen molar-refractivity contribution in [1.29, 1.82) is 0 Å². The molecule has 0 bridgehead atoms. The highest BCUT2D eigenvalue weighted by molar-refractivity contribution is 5.98. The summed E-state index contributed by atoms with van der Waals surface area (Å²) in [5.74, 6) is 2.57. The van der Waals surface area contributed by atoms with E-state index in [2.05, 4.69) is 20.5 Å². The minimum Gasteiger partial charge on any atom is -0.497 e. The normalized spacial score (nSPS) is 11.0. The summed E-state index contributed by atoms with van der Waals surface area (Å²) in [5.41, 5.74) is 6.42. The lowest BCUT2D eigenvalue weighted by Gasteiger charge is -2.07. The molecule has 2 N–H and O–H groups in total. The standard InChI is InChI=1S/C25H24N4O4/c1-31-19-8-4-16(5-9-19)12-24-27-21-11-7-17(13-22(21)28-24)25(30)29-26-15-18-6-10-20(32-2)14-23(18)33-3/h4-11,13-15H,12H2,1-3H3,(H,27,28)(H,29,30)/b26-15-. The smallest absolute Gasteiger partial charge is 0.271 e. The van der Waals surface area contributed by atoms with E-state index in [-0.39, 0.29) is 5.91 Å². The van der Waals surface area contributed by atoms with Crippen molar-refractivity contribution in [2.45, 2.75) is 6.42 Å². The summed E-state index contributed by atoms with van der Waals surface area (Å²) in [6.07, 6.45) is 2.17. The molecule has 33 heavy (non-hydrogen) atoms. The van der Waals surface area contributed by atoms with E-state index in [0.717, 1.165) is 28.2 Å². The summed E-state index contributed by atoms with van der Waals surface area (Å²) in [6.45, 7) is 0. The third-order valence-corrected chi connectivity index (χ3v) is 5.13. The van der Waals surface area contributed by atoms with E-state index in [4.69, 9.17) is 14.2 Å². The minimum absolute atomic E-state index is 0.327. The Balaban J connectivity index is 1.44. The van der Waals surface area contributed by atoms with E-state index < -0.39 is 0 Å². The lowest BCUT2D eigenvalue weighted by atomic mass is 10.1. The quantitative estimate of drug-likeness (QED) is 0.317. The highest BCUT2D eigenvalue weighted by atomic mass is 16.5. The van der Waals surface area contributed by atoms with Crippen LogP contribution in [-0.4, -0.2) is 43.4 Å². The maximum Gasteiger partial charge on any atom is 0.271 e. The molecule has 0 atom stereocenters. The van der Waals surface area contributed by atoms with E-state index in [0.29, 0.717) is 29.0 Å². The largest absolute Gasteiger partial charge is 0.497 e. The number of hydrogen-bond donors (Lipinski definition) is 2. The van der Waals surface area contributed by atoms with E-state index in [1.54, 1.807) is 51.7 Å². The molecule has 8 nitrogen and oxygen atoms in total. The van der Waals surface area contributed by atoms with Gasteiger partial charge in [-0.2, -0.15) is 5.10 Å². The number of aromatic nitrogens is 2. The zero-order chi connectivity index (χ0) is 23.2. The van der Waals surface area contributed by atoms with Crippen LogP contribution in [0.25, 0.3) is 11.0 Å². The predicted octanol–water partition coefficient (Wildman–Crippen LogP) is 3.94. The van der Waals surface area contributed by atoms with Crippen LogP contribution in [-0.2, 0) is 6.42 Å². The summed E-state index contributed by atoms with van der Waals surface area (Å²) in [7, 11) is 4.79. The van der Waals surface area contributed by atoms with Gasteiger partial charge < -0.3 is 19.2 Å². The van der Waals surface area contributed by atoms with Gasteiger partial charge in [0.2, 0.25) is 0 Å². The number of methoxy groups -OCH3 is 3. The Labute approximate surface area is 191 Å². The third kappa shape index (κ3) is 5.12. The first-order valence-corrected chi connectivity index (χ1v) is 10.3. The molecule has 0 radical (unpaired) electrons. The van der Waals surface area contributed by atoms with Gasteiger partial charge in [-0.05, 0) is 48.0 Å². The molecule has 1 aromatic heterocycles. The van der Waals surface area contributed by atoms with E-state index in [1.165, 1.54) is 6.21 Å². The number of fused-ring (bicyclic) bond motifs is 1. The van der Waals surface area contributed by atoms with Gasteiger partial charge in [0, 0.05) is 23.6 Å². The number of amides is 1. The molecule has 0 fully saturated rings. The zero-order valence-corrected chi connectivity index (χ0v) is 18.6. The molecular formula is C25H24N4O4. The lowest BCUT2D eigenvalue weighted by molar-refractivity contribution is 0.0955. The maximum absolute atomic E-state index is 12.6. The second-order valence-corrected chi connectivity index (χ2v) is 7.25. The number of hydrazone groups is 1. The Hall–Kier alpha value is -4.33. The van der Waals surface area contributed by atoms with Crippen LogP contribution in [0.2, 0.25) is 0 Å². The SMILES string of the molecule is COc1ccc(Cc2nc3ccc(C(=O)N/N=C\c4ccc(OC)cc4OC)cc3[nH]2)cc1. The van der Waals surface area contributed by atoms with Gasteiger partial charge in [-0.25, -0.2) is 10.4 Å². The van der Waals surface area contributed by atoms with Crippen LogP contribution >= 0.6 is 0 Å². The van der Waals surface area contributed by atoms with Crippen molar-refractivity contribution >= 4 is 23.2 Å². The van der Waals surface area contributed by atoms with Gasteiger partial charge in [0.15, 0.2) is 0 Å². The number of H-pyrrole nitrogens is 1. The highest BCUT2D eigenvalue weighted by Gasteiger charge is 2.10. The molecule has 3 aromatic carbocycles. The van der Waals surface area contributed by atoms with Crippen LogP contribution in [0.4, 0.5) is 0 Å². The van der Waals surface area contributed by atoms with Crippen molar-refractivity contribution in [2.75, 3.05) is 21.3 Å². The summed E-state index contributed by atoms with van der Waals surface area (Å²) in [6, 6.07) is 18.5. The number of benzene rings is 3. The molecule has 8 heteroatoms. The van der Waals surface area contributed by atoms with Crippen molar-refractivity contribution in [1.82, 2.24) is 15.4 Å². The first-order chi connectivity index (χ1) is 16.1. The number of ether oxygens (including phenoxy) is 3. The van der Waals surface area contributed by atoms with Crippen molar-refractivity contribution in [2.24, 2.45) is 5.10 Å². The third-order valence-electron chi connectivity index (χ3n) is 5.13. The molecule has 0 saturated heterocycles. The molecule has 4 rings (SSSR count). The van der Waals surface area contributed by atoms with Crippen LogP contribution in [0.3, 0.4) is 0 Å². The Morgan fingerprint density at radius 1 is 0.970 bits per heavy atom. The van der Waals surface area contributed by atoms with E-state index in [1.807, 2.05) is 30.3 Å². The van der Waals surface area contributed by atoms with Crippen molar-refractivity contribution in [3.63, 3.8) is 0 Å². The monoisotopic (exact) mass is 444 g/mol. The van der Waals surface area contributed by atoms with Crippen molar-refractivity contribution < 1.29 is 19.0 Å². The van der Waals surface area contributed by atoms with Crippen LogP contribution in [0.5, 0.6) is 17.2 Å². The highest BCUT2D eigenvalue weighted by Crippen LogP contribution is 2.23. The van der Waals surface area contributed by atoms with Crippen LogP contribution in [0.1, 0.15) is 27.3 Å². The van der Waals surface area contributed by atoms with E-state index >= 15 is 0 Å². The van der Waals surface area contributed by atoms with Crippen LogP contribution in [0, 0.1) is 0 Å². The molecule has 4 aromatic rings. The van der Waals surface area contributed by atoms with E-state index in [9.17, 15) is 4.79 Å². The molecular weight excluding hydrogens is 420 g/mol. The zero-order valence-electron chi connectivity index (χ0n) is 18.6. The Morgan fingerprint density at radius 3 is 2.45 bits per heavy atom. The molecule has 0 aliphatic carbocycles. The topological polar surface area (TPSA) is 97.8 Å². The Bertz CT molecular complexity index is 1300. The summed E-state index contributed by atoms with van der Waals surface area (Å²) < 4.78 is 15.7. The molecule has 0 aliphatic heterocycles. The van der Waals surface area contributed by atoms with Gasteiger partial charge in [0.05, 0.1) is 38.6 Å². The maximum atomic E-state index is 12.6. The molecule has 1 heterocycles. The van der Waals surface area contributed by atoms with Crippen LogP contribution < -0.4 is 19.6 Å². The molecule has 0 unspecified atom stereocenters. The van der Waals surface area contributed by atoms with Crippen LogP contribution in [0.15, 0.2) is 65.8 Å². The molecule has 0 aliphatic rings. The fraction of sp³-hybridized carbons (Fsp3) is 0.160. The fourth-order valence-corrected chi connectivity index (χ4v) is 3.37. The second kappa shape index (κ2) is 9.86. The van der Waals surface area contributed by atoms with Gasteiger partial charge in [-0.3, -0.25) is 4.79 Å². The summed E-state index contributed by atoms with van der Waals surface area (Å²) >= 11 is 0. The van der Waals surface area contributed by atoms with Crippen molar-refractivity contribution in [3.05, 3.63) is 83.2 Å². The number of carbonyl (C=O) groups excluding carboxylic acids is 1. The molecule has 0 saturated carbocycles. The average Bonchev–Trinajstić information content (AvgIpc) is 3.26. The lowest BCUT2D eigenvalue weighted by Crippen LogP contribution is -2.17. The van der Waals surface area contributed by atoms with Crippen molar-refractivity contribution in [3.8, 4) is 17.2 Å². The number of carbonyl (C=O) groups is 1. The molecule has 168 valence electrons.